The fourth-order valence-electron chi connectivity index (χ4n) is 4.53. The number of aromatic nitrogens is 3. The highest BCUT2D eigenvalue weighted by Gasteiger charge is 2.17. The van der Waals surface area contributed by atoms with Gasteiger partial charge in [-0.2, -0.15) is 5.10 Å². The maximum Gasteiger partial charge on any atom is 0.251 e. The standard InChI is InChI=1S/C26H29N5O2/c32-26(28-17-21-7-4-16-33-21)19-11-8-18(9-12-19)10-13-22-24-23(31-30-22)14-15-27-25(24)29-20-5-2-1-3-6-20/h4,7-9,11-12,14-16,20H,1-3,5-6,10,13,17H2,(H,27,29)(H,28,32)(H,30,31). The molecule has 7 heteroatoms. The van der Waals surface area contributed by atoms with Gasteiger partial charge in [-0.15, -0.1) is 0 Å². The summed E-state index contributed by atoms with van der Waals surface area (Å²) in [6.07, 6.45) is 11.4. The van der Waals surface area contributed by atoms with Crippen LogP contribution in [0, 0.1) is 0 Å². The first-order valence-corrected chi connectivity index (χ1v) is 11.7. The highest BCUT2D eigenvalue weighted by Crippen LogP contribution is 2.27. The minimum absolute atomic E-state index is 0.109. The number of hydrogen-bond donors (Lipinski definition) is 3. The van der Waals surface area contributed by atoms with Gasteiger partial charge in [0.15, 0.2) is 0 Å². The number of pyridine rings is 1. The predicted molar refractivity (Wildman–Crippen MR) is 128 cm³/mol. The van der Waals surface area contributed by atoms with E-state index >= 15 is 0 Å². The molecule has 0 radical (unpaired) electrons. The quantitative estimate of drug-likeness (QED) is 0.356. The molecular weight excluding hydrogens is 414 g/mol. The molecule has 0 spiro atoms. The second-order valence-electron chi connectivity index (χ2n) is 8.69. The highest BCUT2D eigenvalue weighted by atomic mass is 16.3. The van der Waals surface area contributed by atoms with Gasteiger partial charge in [0.25, 0.3) is 5.91 Å². The van der Waals surface area contributed by atoms with Crippen molar-refractivity contribution in [2.24, 2.45) is 0 Å². The van der Waals surface area contributed by atoms with Crippen LogP contribution >= 0.6 is 0 Å². The van der Waals surface area contributed by atoms with Gasteiger partial charge in [0.05, 0.1) is 23.7 Å². The summed E-state index contributed by atoms with van der Waals surface area (Å²) in [5, 5.41) is 15.4. The van der Waals surface area contributed by atoms with Crippen LogP contribution in [0.1, 0.15) is 59.5 Å². The lowest BCUT2D eigenvalue weighted by Crippen LogP contribution is -2.23. The summed E-state index contributed by atoms with van der Waals surface area (Å²) in [4.78, 5) is 17.0. The first-order chi connectivity index (χ1) is 16.3. The van der Waals surface area contributed by atoms with E-state index < -0.39 is 0 Å². The van der Waals surface area contributed by atoms with Gasteiger partial charge in [0.2, 0.25) is 0 Å². The molecule has 33 heavy (non-hydrogen) atoms. The SMILES string of the molecule is O=C(NCc1ccco1)c1ccc(CCc2[nH]nc3ccnc(NC4CCCCC4)c23)cc1. The molecule has 0 bridgehead atoms. The van der Waals surface area contributed by atoms with E-state index in [0.29, 0.717) is 18.2 Å². The van der Waals surface area contributed by atoms with Crippen molar-refractivity contribution in [3.63, 3.8) is 0 Å². The number of amides is 1. The van der Waals surface area contributed by atoms with Gasteiger partial charge >= 0.3 is 0 Å². The molecule has 1 fully saturated rings. The molecule has 1 aromatic carbocycles. The molecule has 3 aromatic heterocycles. The normalized spacial score (nSPS) is 14.4. The van der Waals surface area contributed by atoms with Crippen LogP contribution in [0.3, 0.4) is 0 Å². The number of aromatic amines is 1. The van der Waals surface area contributed by atoms with E-state index in [9.17, 15) is 4.79 Å². The molecule has 0 atom stereocenters. The Labute approximate surface area is 193 Å². The number of fused-ring (bicyclic) bond motifs is 1. The van der Waals surface area contributed by atoms with Crippen LogP contribution in [-0.2, 0) is 19.4 Å². The van der Waals surface area contributed by atoms with E-state index in [-0.39, 0.29) is 5.91 Å². The summed E-state index contributed by atoms with van der Waals surface area (Å²) in [7, 11) is 0. The van der Waals surface area contributed by atoms with E-state index in [0.717, 1.165) is 41.0 Å². The summed E-state index contributed by atoms with van der Waals surface area (Å²) < 4.78 is 5.26. The Morgan fingerprint density at radius 1 is 1.06 bits per heavy atom. The lowest BCUT2D eigenvalue weighted by Gasteiger charge is -2.23. The second-order valence-corrected chi connectivity index (χ2v) is 8.69. The zero-order chi connectivity index (χ0) is 22.5. The summed E-state index contributed by atoms with van der Waals surface area (Å²) in [6.45, 7) is 0.381. The van der Waals surface area contributed by atoms with E-state index in [1.54, 1.807) is 6.26 Å². The van der Waals surface area contributed by atoms with Crippen molar-refractivity contribution in [2.45, 2.75) is 57.5 Å². The third-order valence-corrected chi connectivity index (χ3v) is 6.37. The Kier molecular flexibility index (Phi) is 6.37. The molecule has 1 amide bonds. The Hall–Kier alpha value is -3.61. The Balaban J connectivity index is 1.22. The molecule has 0 aliphatic heterocycles. The van der Waals surface area contributed by atoms with Gasteiger partial charge in [0.1, 0.15) is 11.6 Å². The number of H-pyrrole nitrogens is 1. The summed E-state index contributed by atoms with van der Waals surface area (Å²) in [5.41, 5.74) is 3.85. The first-order valence-electron chi connectivity index (χ1n) is 11.7. The molecule has 1 saturated carbocycles. The fourth-order valence-corrected chi connectivity index (χ4v) is 4.53. The number of carbonyl (C=O) groups excluding carboxylic acids is 1. The minimum atomic E-state index is -0.109. The summed E-state index contributed by atoms with van der Waals surface area (Å²) in [5.74, 6) is 1.56. The van der Waals surface area contributed by atoms with Crippen molar-refractivity contribution < 1.29 is 9.21 Å². The molecule has 0 unspecified atom stereocenters. The summed E-state index contributed by atoms with van der Waals surface area (Å²) in [6, 6.07) is 13.9. The third-order valence-electron chi connectivity index (χ3n) is 6.37. The lowest BCUT2D eigenvalue weighted by atomic mass is 9.95. The topological polar surface area (TPSA) is 95.8 Å². The largest absolute Gasteiger partial charge is 0.467 e. The fraction of sp³-hybridized carbons (Fsp3) is 0.346. The molecular formula is C26H29N5O2. The van der Waals surface area contributed by atoms with Crippen molar-refractivity contribution in [3.05, 3.63) is 77.5 Å². The average Bonchev–Trinajstić information content (AvgIpc) is 3.53. The molecule has 7 nitrogen and oxygen atoms in total. The number of carbonyl (C=O) groups is 1. The van der Waals surface area contributed by atoms with Crippen LogP contribution in [0.25, 0.3) is 10.9 Å². The van der Waals surface area contributed by atoms with Crippen LogP contribution in [-0.4, -0.2) is 27.1 Å². The molecule has 4 aromatic rings. The number of anilines is 1. The second kappa shape index (κ2) is 9.90. The number of nitrogens with one attached hydrogen (secondary N) is 3. The van der Waals surface area contributed by atoms with Crippen LogP contribution in [0.4, 0.5) is 5.82 Å². The maximum absolute atomic E-state index is 12.4. The zero-order valence-corrected chi connectivity index (χ0v) is 18.6. The molecule has 1 aliphatic carbocycles. The minimum Gasteiger partial charge on any atom is -0.467 e. The van der Waals surface area contributed by atoms with E-state index in [1.807, 2.05) is 48.7 Å². The monoisotopic (exact) mass is 443 g/mol. The predicted octanol–water partition coefficient (Wildman–Crippen LogP) is 5.01. The summed E-state index contributed by atoms with van der Waals surface area (Å²) >= 11 is 0. The van der Waals surface area contributed by atoms with Crippen LogP contribution < -0.4 is 10.6 Å². The molecule has 0 saturated heterocycles. The van der Waals surface area contributed by atoms with Gasteiger partial charge in [-0.05, 0) is 61.6 Å². The Morgan fingerprint density at radius 3 is 2.70 bits per heavy atom. The third kappa shape index (κ3) is 5.08. The molecule has 170 valence electrons. The first kappa shape index (κ1) is 21.2. The van der Waals surface area contributed by atoms with Gasteiger partial charge in [-0.25, -0.2) is 4.98 Å². The number of hydrogen-bond acceptors (Lipinski definition) is 5. The molecule has 5 rings (SSSR count). The number of rotatable bonds is 8. The molecule has 1 aliphatic rings. The maximum atomic E-state index is 12.4. The molecule has 3 N–H and O–H groups in total. The zero-order valence-electron chi connectivity index (χ0n) is 18.6. The smallest absolute Gasteiger partial charge is 0.251 e. The van der Waals surface area contributed by atoms with Crippen molar-refractivity contribution >= 4 is 22.6 Å². The average molecular weight is 444 g/mol. The highest BCUT2D eigenvalue weighted by molar-refractivity contribution is 5.94. The number of furan rings is 1. The van der Waals surface area contributed by atoms with Gasteiger partial charge in [0, 0.05) is 23.5 Å². The van der Waals surface area contributed by atoms with Crippen molar-refractivity contribution in [1.29, 1.82) is 0 Å². The van der Waals surface area contributed by atoms with Crippen molar-refractivity contribution in [1.82, 2.24) is 20.5 Å². The van der Waals surface area contributed by atoms with Crippen LogP contribution in [0.5, 0.6) is 0 Å². The van der Waals surface area contributed by atoms with E-state index in [4.69, 9.17) is 4.42 Å². The van der Waals surface area contributed by atoms with Gasteiger partial charge in [-0.1, -0.05) is 31.4 Å². The van der Waals surface area contributed by atoms with Crippen molar-refractivity contribution in [2.75, 3.05) is 5.32 Å². The Bertz CT molecular complexity index is 1190. The van der Waals surface area contributed by atoms with E-state index in [2.05, 4.69) is 25.8 Å². The number of aryl methyl sites for hydroxylation is 2. The van der Waals surface area contributed by atoms with Gasteiger partial charge in [-0.3, -0.25) is 9.89 Å². The van der Waals surface area contributed by atoms with Gasteiger partial charge < -0.3 is 15.1 Å². The Morgan fingerprint density at radius 2 is 1.91 bits per heavy atom. The lowest BCUT2D eigenvalue weighted by molar-refractivity contribution is 0.0948. The number of benzene rings is 1. The number of nitrogens with zero attached hydrogens (tertiary/aromatic N) is 2. The van der Waals surface area contributed by atoms with Crippen molar-refractivity contribution in [3.8, 4) is 0 Å². The van der Waals surface area contributed by atoms with E-state index in [1.165, 1.54) is 37.7 Å². The van der Waals surface area contributed by atoms with Crippen LogP contribution in [0.2, 0.25) is 0 Å². The van der Waals surface area contributed by atoms with Crippen LogP contribution in [0.15, 0.2) is 59.3 Å². The molecule has 3 heterocycles.